The standard InChI is InChI=1S/C45H47ClO6/c1-3-49-37-22-19-31(20-23-37)25-35-26-36(21-24-38(35)46)45-42(47)30(2)39(43(45)48)40(50-27-32-13-7-4-8-14-32)41(51-28-33-15-9-5-10-16-33)44(45)52-29-34-17-11-6-12-18-34/h4-24,26,30,39-44,47-48H,3,25,27-29H2,1-2H3/t30?,39-,40+,41+,42?,43?,44+,45+/m1/s1. The molecule has 0 aromatic heterocycles. The van der Waals surface area contributed by atoms with Gasteiger partial charge in [0.1, 0.15) is 18.0 Å². The van der Waals surface area contributed by atoms with E-state index in [1.54, 1.807) is 0 Å². The molecule has 5 aromatic rings. The van der Waals surface area contributed by atoms with E-state index in [1.807, 2.05) is 147 Å². The Kier molecular flexibility index (Phi) is 11.4. The van der Waals surface area contributed by atoms with Crippen LogP contribution in [0.25, 0.3) is 0 Å². The maximum atomic E-state index is 12.7. The Balaban J connectivity index is 1.32. The molecular formula is C45H47ClO6. The summed E-state index contributed by atoms with van der Waals surface area (Å²) in [5.41, 5.74) is 4.48. The minimum absolute atomic E-state index is 0.259. The number of benzene rings is 5. The van der Waals surface area contributed by atoms with E-state index in [9.17, 15) is 10.2 Å². The predicted molar refractivity (Wildman–Crippen MR) is 203 cm³/mol. The van der Waals surface area contributed by atoms with E-state index in [0.29, 0.717) is 31.3 Å². The lowest BCUT2D eigenvalue weighted by molar-refractivity contribution is -0.233. The number of fused-ring (bicyclic) bond motifs is 2. The second-order valence-corrected chi connectivity index (χ2v) is 14.5. The molecule has 0 saturated heterocycles. The van der Waals surface area contributed by atoms with Gasteiger partial charge in [-0.3, -0.25) is 0 Å². The summed E-state index contributed by atoms with van der Waals surface area (Å²) in [5, 5.41) is 25.9. The van der Waals surface area contributed by atoms with Crippen LogP contribution in [0.1, 0.15) is 47.2 Å². The summed E-state index contributed by atoms with van der Waals surface area (Å²) < 4.78 is 26.3. The van der Waals surface area contributed by atoms with Gasteiger partial charge >= 0.3 is 0 Å². The van der Waals surface area contributed by atoms with E-state index in [0.717, 1.165) is 39.1 Å². The van der Waals surface area contributed by atoms with Crippen LogP contribution >= 0.6 is 11.6 Å². The molecule has 7 rings (SSSR count). The quantitative estimate of drug-likeness (QED) is 0.120. The third-order valence-corrected chi connectivity index (χ3v) is 11.3. The highest BCUT2D eigenvalue weighted by atomic mass is 35.5. The highest BCUT2D eigenvalue weighted by molar-refractivity contribution is 6.31. The van der Waals surface area contributed by atoms with Crippen LogP contribution in [0.5, 0.6) is 5.75 Å². The average Bonchev–Trinajstić information content (AvgIpc) is 3.32. The highest BCUT2D eigenvalue weighted by Gasteiger charge is 2.71. The molecule has 2 fully saturated rings. The van der Waals surface area contributed by atoms with Crippen molar-refractivity contribution in [3.63, 3.8) is 0 Å². The van der Waals surface area contributed by atoms with Crippen molar-refractivity contribution in [3.05, 3.63) is 172 Å². The van der Waals surface area contributed by atoms with Crippen LogP contribution in [0.3, 0.4) is 0 Å². The molecule has 5 aromatic carbocycles. The Morgan fingerprint density at radius 3 is 1.71 bits per heavy atom. The smallest absolute Gasteiger partial charge is 0.119 e. The number of hydrogen-bond acceptors (Lipinski definition) is 6. The molecule has 7 heteroatoms. The lowest BCUT2D eigenvalue weighted by atomic mass is 9.63. The zero-order valence-corrected chi connectivity index (χ0v) is 30.4. The first-order valence-electron chi connectivity index (χ1n) is 18.2. The van der Waals surface area contributed by atoms with Gasteiger partial charge < -0.3 is 29.2 Å². The Labute approximate surface area is 311 Å². The molecule has 0 aliphatic heterocycles. The van der Waals surface area contributed by atoms with Gasteiger partial charge in [0.15, 0.2) is 0 Å². The fraction of sp³-hybridized carbons (Fsp3) is 0.333. The van der Waals surface area contributed by atoms with Crippen LogP contribution in [0.2, 0.25) is 5.02 Å². The molecule has 6 nitrogen and oxygen atoms in total. The molecule has 2 aliphatic rings. The number of rotatable bonds is 14. The summed E-state index contributed by atoms with van der Waals surface area (Å²) in [5.74, 6) is 0.0314. The van der Waals surface area contributed by atoms with Crippen molar-refractivity contribution in [2.45, 2.75) is 76.0 Å². The fourth-order valence-corrected chi connectivity index (χ4v) is 8.58. The Hall–Kier alpha value is -4.01. The molecule has 2 bridgehead atoms. The number of hydrogen-bond donors (Lipinski definition) is 2. The molecule has 0 amide bonds. The van der Waals surface area contributed by atoms with Crippen molar-refractivity contribution in [1.82, 2.24) is 0 Å². The van der Waals surface area contributed by atoms with Gasteiger partial charge in [-0.05, 0) is 70.8 Å². The SMILES string of the molecule is CCOc1ccc(Cc2cc([C@]34C(O)C(C)[C@@H](C3O)[C@H](OCc3ccccc3)[C@H](OCc3ccccc3)[C@@H]4OCc3ccccc3)ccc2Cl)cc1. The number of ether oxygens (including phenoxy) is 4. The summed E-state index contributed by atoms with van der Waals surface area (Å²) in [6.07, 6.45) is -3.41. The van der Waals surface area contributed by atoms with E-state index < -0.39 is 41.9 Å². The van der Waals surface area contributed by atoms with Crippen molar-refractivity contribution < 1.29 is 29.2 Å². The van der Waals surface area contributed by atoms with Crippen molar-refractivity contribution in [1.29, 1.82) is 0 Å². The predicted octanol–water partition coefficient (Wildman–Crippen LogP) is 8.32. The maximum Gasteiger partial charge on any atom is 0.119 e. The third kappa shape index (κ3) is 7.29. The number of aliphatic hydroxyl groups is 2. The van der Waals surface area contributed by atoms with Gasteiger partial charge in [0, 0.05) is 10.9 Å². The van der Waals surface area contributed by atoms with E-state index in [-0.39, 0.29) is 12.5 Å². The van der Waals surface area contributed by atoms with Crippen molar-refractivity contribution in [3.8, 4) is 5.75 Å². The summed E-state index contributed by atoms with van der Waals surface area (Å²) in [7, 11) is 0. The van der Waals surface area contributed by atoms with Gasteiger partial charge in [-0.2, -0.15) is 0 Å². The minimum Gasteiger partial charge on any atom is -0.494 e. The second kappa shape index (κ2) is 16.3. The third-order valence-electron chi connectivity index (χ3n) is 10.9. The van der Waals surface area contributed by atoms with Crippen molar-refractivity contribution >= 4 is 11.6 Å². The Morgan fingerprint density at radius 1 is 0.615 bits per heavy atom. The average molecular weight is 719 g/mol. The molecule has 2 aliphatic carbocycles. The molecule has 0 heterocycles. The van der Waals surface area contributed by atoms with Gasteiger partial charge in [0.05, 0.1) is 50.2 Å². The van der Waals surface area contributed by atoms with E-state index in [1.165, 1.54) is 0 Å². The van der Waals surface area contributed by atoms with E-state index in [2.05, 4.69) is 0 Å². The van der Waals surface area contributed by atoms with Crippen LogP contribution in [0.4, 0.5) is 0 Å². The number of halogens is 1. The largest absolute Gasteiger partial charge is 0.494 e. The van der Waals surface area contributed by atoms with Gasteiger partial charge in [-0.25, -0.2) is 0 Å². The summed E-state index contributed by atoms with van der Waals surface area (Å²) in [6.45, 7) is 5.47. The van der Waals surface area contributed by atoms with Gasteiger partial charge in [-0.1, -0.05) is 134 Å². The van der Waals surface area contributed by atoms with Crippen LogP contribution < -0.4 is 4.74 Å². The number of aliphatic hydroxyl groups excluding tert-OH is 2. The summed E-state index contributed by atoms with van der Waals surface area (Å²) >= 11 is 6.89. The van der Waals surface area contributed by atoms with Crippen molar-refractivity contribution in [2.24, 2.45) is 11.8 Å². The summed E-state index contributed by atoms with van der Waals surface area (Å²) in [6, 6.07) is 43.9. The van der Waals surface area contributed by atoms with Crippen LogP contribution in [0, 0.1) is 11.8 Å². The summed E-state index contributed by atoms with van der Waals surface area (Å²) in [4.78, 5) is 0. The van der Waals surface area contributed by atoms with Crippen molar-refractivity contribution in [2.75, 3.05) is 6.61 Å². The van der Waals surface area contributed by atoms with Crippen LogP contribution in [-0.4, -0.2) is 47.3 Å². The molecular weight excluding hydrogens is 672 g/mol. The zero-order chi connectivity index (χ0) is 36.1. The van der Waals surface area contributed by atoms with E-state index >= 15 is 0 Å². The molecule has 2 N–H and O–H groups in total. The molecule has 8 atom stereocenters. The Bertz CT molecular complexity index is 1870. The fourth-order valence-electron chi connectivity index (χ4n) is 8.39. The first-order chi connectivity index (χ1) is 25.4. The highest BCUT2D eigenvalue weighted by Crippen LogP contribution is 2.58. The molecule has 0 radical (unpaired) electrons. The lowest BCUT2D eigenvalue weighted by Crippen LogP contribution is -2.66. The van der Waals surface area contributed by atoms with Gasteiger partial charge in [0.2, 0.25) is 0 Å². The zero-order valence-electron chi connectivity index (χ0n) is 29.7. The molecule has 0 spiro atoms. The van der Waals surface area contributed by atoms with Crippen LogP contribution in [0.15, 0.2) is 133 Å². The molecule has 270 valence electrons. The molecule has 52 heavy (non-hydrogen) atoms. The maximum absolute atomic E-state index is 12.7. The van der Waals surface area contributed by atoms with Gasteiger partial charge in [0.25, 0.3) is 0 Å². The normalized spacial score (nSPS) is 26.7. The second-order valence-electron chi connectivity index (χ2n) is 14.1. The monoisotopic (exact) mass is 718 g/mol. The van der Waals surface area contributed by atoms with Crippen LogP contribution in [-0.2, 0) is 45.9 Å². The molecule has 2 saturated carbocycles. The first-order valence-corrected chi connectivity index (χ1v) is 18.6. The van der Waals surface area contributed by atoms with E-state index in [4.69, 9.17) is 30.5 Å². The Morgan fingerprint density at radius 2 is 1.15 bits per heavy atom. The topological polar surface area (TPSA) is 77.4 Å². The molecule has 3 unspecified atom stereocenters. The first kappa shape index (κ1) is 36.4. The lowest BCUT2D eigenvalue weighted by Gasteiger charge is -2.52. The van der Waals surface area contributed by atoms with Gasteiger partial charge in [-0.15, -0.1) is 0 Å². The minimum atomic E-state index is -1.25.